The second kappa shape index (κ2) is 12.0. The molecule has 0 radical (unpaired) electrons. The molecule has 6 aliphatic rings. The zero-order valence-electron chi connectivity index (χ0n) is 24.5. The monoisotopic (exact) mass is 657 g/mol. The lowest BCUT2D eigenvalue weighted by Gasteiger charge is -2.48. The highest BCUT2D eigenvalue weighted by Crippen LogP contribution is 2.53. The number of β-lactam (4-membered cyclic amide) rings is 3. The zero-order valence-corrected chi connectivity index (χ0v) is 26.9. The van der Waals surface area contributed by atoms with Gasteiger partial charge in [-0.05, 0) is 31.9 Å². The van der Waals surface area contributed by atoms with Gasteiger partial charge in [0.05, 0.1) is 40.5 Å². The van der Waals surface area contributed by atoms with Crippen molar-refractivity contribution in [2.75, 3.05) is 18.1 Å². The molecule has 43 heavy (non-hydrogen) atoms. The molecule has 7 atom stereocenters. The van der Waals surface area contributed by atoms with E-state index >= 15 is 0 Å². The average Bonchev–Trinajstić information content (AvgIpc) is 3.23. The predicted molar refractivity (Wildman–Crippen MR) is 159 cm³/mol. The van der Waals surface area contributed by atoms with Crippen LogP contribution in [0.4, 0.5) is 0 Å². The van der Waals surface area contributed by atoms with E-state index in [-0.39, 0.29) is 74.3 Å². The number of hydrogen-bond acceptors (Lipinski definition) is 10. The summed E-state index contributed by atoms with van der Waals surface area (Å²) in [6, 6.07) is -0.666. The average molecular weight is 658 g/mol. The van der Waals surface area contributed by atoms with Gasteiger partial charge in [-0.25, -0.2) is 14.4 Å². The van der Waals surface area contributed by atoms with E-state index in [0.717, 1.165) is 5.57 Å². The Labute approximate surface area is 261 Å². The van der Waals surface area contributed by atoms with E-state index in [0.29, 0.717) is 17.1 Å². The molecule has 0 aromatic heterocycles. The molecule has 0 saturated carbocycles. The minimum atomic E-state index is -1.13. The smallest absolute Gasteiger partial charge is 0.352 e. The normalized spacial score (nSPS) is 33.4. The van der Waals surface area contributed by atoms with Crippen LogP contribution in [-0.2, 0) is 28.8 Å². The third-order valence-electron chi connectivity index (χ3n) is 8.28. The van der Waals surface area contributed by atoms with Crippen molar-refractivity contribution >= 4 is 70.9 Å². The second-order valence-corrected chi connectivity index (χ2v) is 15.6. The first kappa shape index (κ1) is 33.2. The zero-order chi connectivity index (χ0) is 32.3. The molecule has 0 aromatic carbocycles. The molecular formula is C27H35N3O10S3. The number of carboxylic acid groups (broad SMARTS) is 3. The molecule has 6 aliphatic heterocycles. The van der Waals surface area contributed by atoms with Crippen LogP contribution in [-0.4, -0.2) is 116 Å². The summed E-state index contributed by atoms with van der Waals surface area (Å²) in [5, 5.41) is 36.1. The van der Waals surface area contributed by atoms with Crippen LogP contribution >= 0.6 is 35.3 Å². The largest absolute Gasteiger partial charge is 0.480 e. The Hall–Kier alpha value is -2.69. The van der Waals surface area contributed by atoms with Gasteiger partial charge < -0.3 is 25.3 Å². The van der Waals surface area contributed by atoms with E-state index in [1.807, 2.05) is 27.7 Å². The summed E-state index contributed by atoms with van der Waals surface area (Å²) in [6.07, 6.45) is 0. The summed E-state index contributed by atoms with van der Waals surface area (Å²) in [5.74, 6) is -2.29. The van der Waals surface area contributed by atoms with Crippen LogP contribution in [0, 0.1) is 17.8 Å². The fourth-order valence-electron chi connectivity index (χ4n) is 5.90. The SMILES string of the molecule is CC1=C(C(=O)O)N2C(=O)[C@@H](C)[C@H]2SC1.C[C@@H]1C(=O)N2C(C(=O)O)=C(CO)CS[C@H]12.C[C@@H]1C(=O)N2[C@@H]1SC(C)(C)[C@@H]2C(=O)O. The van der Waals surface area contributed by atoms with Crippen LogP contribution in [0.1, 0.15) is 41.5 Å². The van der Waals surface area contributed by atoms with Crippen molar-refractivity contribution in [3.63, 3.8) is 0 Å². The highest BCUT2D eigenvalue weighted by Gasteiger charge is 2.62. The van der Waals surface area contributed by atoms with E-state index in [2.05, 4.69) is 0 Å². The summed E-state index contributed by atoms with van der Waals surface area (Å²) in [6.45, 7) is 10.7. The molecule has 236 valence electrons. The van der Waals surface area contributed by atoms with Crippen LogP contribution in [0.25, 0.3) is 0 Å². The third kappa shape index (κ3) is 5.44. The Balaban J connectivity index is 0.000000148. The topological polar surface area (TPSA) is 193 Å². The van der Waals surface area contributed by atoms with Crippen molar-refractivity contribution in [2.24, 2.45) is 17.8 Å². The summed E-state index contributed by atoms with van der Waals surface area (Å²) in [5.41, 5.74) is 1.37. The third-order valence-corrected chi connectivity index (χ3v) is 13.0. The molecule has 16 heteroatoms. The molecule has 4 fully saturated rings. The van der Waals surface area contributed by atoms with Crippen LogP contribution in [0.3, 0.4) is 0 Å². The summed E-state index contributed by atoms with van der Waals surface area (Å²) < 4.78 is -0.378. The Morgan fingerprint density at radius 3 is 1.72 bits per heavy atom. The van der Waals surface area contributed by atoms with Crippen molar-refractivity contribution in [2.45, 2.75) is 68.5 Å². The molecule has 4 N–H and O–H groups in total. The van der Waals surface area contributed by atoms with Crippen molar-refractivity contribution in [3.8, 4) is 0 Å². The Morgan fingerprint density at radius 1 is 0.791 bits per heavy atom. The minimum absolute atomic E-state index is 0.0237. The van der Waals surface area contributed by atoms with E-state index in [4.69, 9.17) is 20.4 Å². The molecule has 0 aliphatic carbocycles. The number of amides is 3. The Bertz CT molecular complexity index is 1350. The fourth-order valence-corrected chi connectivity index (χ4v) is 10.2. The Morgan fingerprint density at radius 2 is 1.26 bits per heavy atom. The standard InChI is InChI=1S/C9H11NO4S.C9H13NO3S.C9H11NO3S/c1-4-7(12)10-6(9(13)14)5(2-11)3-15-8(4)10;1-4-6(11)10-5(8(12)13)9(2,3)14-7(4)10;1-4-3-14-8-5(2)7(11)10(8)6(4)9(12)13/h4,8,11H,2-3H2,1H3,(H,13,14);4-5,7H,1-3H3,(H,12,13);5,8H,3H2,1-2H3,(H,12,13)/t4-,8-;4-,5+,7-;5-,8-/m111/s1. The highest BCUT2D eigenvalue weighted by molar-refractivity contribution is 8.01. The van der Waals surface area contributed by atoms with Crippen molar-refractivity contribution in [1.29, 1.82) is 0 Å². The van der Waals surface area contributed by atoms with Gasteiger partial charge in [0.2, 0.25) is 17.7 Å². The van der Waals surface area contributed by atoms with Crippen molar-refractivity contribution < 1.29 is 49.2 Å². The van der Waals surface area contributed by atoms with Gasteiger partial charge in [0.1, 0.15) is 17.4 Å². The number of carboxylic acids is 3. The van der Waals surface area contributed by atoms with Crippen molar-refractivity contribution in [3.05, 3.63) is 22.5 Å². The molecular weight excluding hydrogens is 623 g/mol. The van der Waals surface area contributed by atoms with Crippen LogP contribution in [0.5, 0.6) is 0 Å². The van der Waals surface area contributed by atoms with Crippen LogP contribution in [0.2, 0.25) is 0 Å². The highest BCUT2D eigenvalue weighted by atomic mass is 32.2. The van der Waals surface area contributed by atoms with Gasteiger partial charge in [-0.3, -0.25) is 24.2 Å². The quantitative estimate of drug-likeness (QED) is 0.319. The van der Waals surface area contributed by atoms with E-state index < -0.39 is 23.9 Å². The summed E-state index contributed by atoms with van der Waals surface area (Å²) in [4.78, 5) is 71.7. The first-order valence-corrected chi connectivity index (χ1v) is 16.6. The maximum Gasteiger partial charge on any atom is 0.352 e. The number of fused-ring (bicyclic) bond motifs is 3. The number of thioether (sulfide) groups is 3. The summed E-state index contributed by atoms with van der Waals surface area (Å²) >= 11 is 4.73. The number of carbonyl (C=O) groups is 6. The molecule has 0 spiro atoms. The van der Waals surface area contributed by atoms with Gasteiger partial charge in [-0.1, -0.05) is 20.8 Å². The molecule has 6 rings (SSSR count). The molecule has 4 saturated heterocycles. The number of carbonyl (C=O) groups excluding carboxylic acids is 3. The second-order valence-electron chi connectivity index (χ2n) is 11.6. The fraction of sp³-hybridized carbons (Fsp3) is 0.630. The molecule has 0 aromatic rings. The Kier molecular flexibility index (Phi) is 9.27. The van der Waals surface area contributed by atoms with Gasteiger partial charge in [0.15, 0.2) is 0 Å². The predicted octanol–water partition coefficient (Wildman–Crippen LogP) is 1.53. The summed E-state index contributed by atoms with van der Waals surface area (Å²) in [7, 11) is 0. The van der Waals surface area contributed by atoms with Gasteiger partial charge in [-0.2, -0.15) is 0 Å². The van der Waals surface area contributed by atoms with Crippen LogP contribution < -0.4 is 0 Å². The molecule has 13 nitrogen and oxygen atoms in total. The van der Waals surface area contributed by atoms with E-state index in [1.54, 1.807) is 37.4 Å². The number of aliphatic hydroxyl groups excluding tert-OH is 1. The minimum Gasteiger partial charge on any atom is -0.480 e. The number of nitrogens with zero attached hydrogens (tertiary/aromatic N) is 3. The molecule has 0 unspecified atom stereocenters. The van der Waals surface area contributed by atoms with Gasteiger partial charge in [0, 0.05) is 16.3 Å². The van der Waals surface area contributed by atoms with Crippen LogP contribution in [0.15, 0.2) is 22.5 Å². The first-order valence-electron chi connectivity index (χ1n) is 13.6. The number of aliphatic carboxylic acids is 3. The van der Waals surface area contributed by atoms with Crippen molar-refractivity contribution in [1.82, 2.24) is 14.7 Å². The number of rotatable bonds is 4. The van der Waals surface area contributed by atoms with Gasteiger partial charge in [0.25, 0.3) is 0 Å². The maximum absolute atomic E-state index is 11.5. The molecule has 3 amide bonds. The first-order chi connectivity index (χ1) is 20.0. The van der Waals surface area contributed by atoms with E-state index in [9.17, 15) is 28.8 Å². The van der Waals surface area contributed by atoms with E-state index in [1.165, 1.54) is 26.5 Å². The lowest BCUT2D eigenvalue weighted by molar-refractivity contribution is -0.162. The van der Waals surface area contributed by atoms with Gasteiger partial charge >= 0.3 is 17.9 Å². The van der Waals surface area contributed by atoms with Gasteiger partial charge in [-0.15, -0.1) is 35.3 Å². The molecule has 6 heterocycles. The number of hydrogen-bond donors (Lipinski definition) is 4. The lowest BCUT2D eigenvalue weighted by atomic mass is 9.93. The molecule has 0 bridgehead atoms. The lowest BCUT2D eigenvalue weighted by Crippen LogP contribution is -2.61. The maximum atomic E-state index is 11.5. The number of aliphatic hydroxyl groups is 1.